The number of likely N-dealkylation sites (tertiary alicyclic amines) is 1. The largest absolute Gasteiger partial charge is 0.366 e. The first kappa shape index (κ1) is 17.1. The zero-order valence-electron chi connectivity index (χ0n) is 14.2. The summed E-state index contributed by atoms with van der Waals surface area (Å²) in [5.74, 6) is -0.552. The predicted octanol–water partition coefficient (Wildman–Crippen LogP) is 2.57. The Bertz CT molecular complexity index is 733. The number of non-ortho nitro benzene ring substituents is 1. The number of rotatable bonds is 5. The first-order valence-corrected chi connectivity index (χ1v) is 8.64. The third-order valence-corrected chi connectivity index (χ3v) is 4.63. The van der Waals surface area contributed by atoms with Crippen LogP contribution in [0.15, 0.2) is 30.0 Å². The normalized spacial score (nSPS) is 18.3. The molecule has 1 fully saturated rings. The second kappa shape index (κ2) is 7.04. The molecule has 7 heteroatoms. The number of carbonyl (C=O) groups is 2. The number of piperidine rings is 1. The highest BCUT2D eigenvalue weighted by Gasteiger charge is 2.41. The van der Waals surface area contributed by atoms with Crippen molar-refractivity contribution in [1.29, 1.82) is 0 Å². The molecule has 3 rings (SSSR count). The Kier molecular flexibility index (Phi) is 4.83. The minimum Gasteiger partial charge on any atom is -0.366 e. The zero-order chi connectivity index (χ0) is 18.0. The van der Waals surface area contributed by atoms with Crippen LogP contribution in [0.5, 0.6) is 0 Å². The molecule has 0 aliphatic carbocycles. The number of nitro benzene ring substituents is 1. The second-order valence-electron chi connectivity index (χ2n) is 6.34. The van der Waals surface area contributed by atoms with Gasteiger partial charge < -0.3 is 4.90 Å². The minimum atomic E-state index is -0.477. The average Bonchev–Trinajstić information content (AvgIpc) is 2.87. The quantitative estimate of drug-likeness (QED) is 0.466. The van der Waals surface area contributed by atoms with E-state index in [9.17, 15) is 19.7 Å². The molecule has 2 heterocycles. The molecule has 25 heavy (non-hydrogen) atoms. The second-order valence-corrected chi connectivity index (χ2v) is 6.34. The lowest BCUT2D eigenvalue weighted by atomic mass is 10.0. The SMILES string of the molecule is CCCN1C(=O)C(c2ccc([N+](=O)[O-])cc2)=C(N2CCCCC2)C1=O. The number of imide groups is 1. The highest BCUT2D eigenvalue weighted by atomic mass is 16.6. The molecule has 2 aliphatic rings. The van der Waals surface area contributed by atoms with E-state index in [1.54, 1.807) is 12.1 Å². The van der Waals surface area contributed by atoms with Crippen LogP contribution in [0.25, 0.3) is 5.57 Å². The number of carbonyl (C=O) groups excluding carboxylic acids is 2. The standard InChI is InChI=1S/C18H21N3O4/c1-2-10-20-17(22)15(13-6-8-14(9-7-13)21(24)25)16(18(20)23)19-11-4-3-5-12-19/h6-9H,2-5,10-12H2,1H3. The van der Waals surface area contributed by atoms with Gasteiger partial charge in [0.05, 0.1) is 10.5 Å². The average molecular weight is 343 g/mol. The van der Waals surface area contributed by atoms with Gasteiger partial charge >= 0.3 is 0 Å². The van der Waals surface area contributed by atoms with Crippen LogP contribution in [0, 0.1) is 10.1 Å². The number of nitro groups is 1. The summed E-state index contributed by atoms with van der Waals surface area (Å²) >= 11 is 0. The van der Waals surface area contributed by atoms with Gasteiger partial charge in [0.25, 0.3) is 17.5 Å². The highest BCUT2D eigenvalue weighted by Crippen LogP contribution is 2.33. The molecule has 7 nitrogen and oxygen atoms in total. The van der Waals surface area contributed by atoms with Crippen LogP contribution in [0.3, 0.4) is 0 Å². The molecular formula is C18H21N3O4. The molecule has 132 valence electrons. The van der Waals surface area contributed by atoms with Gasteiger partial charge in [0.2, 0.25) is 0 Å². The van der Waals surface area contributed by atoms with Crippen molar-refractivity contribution < 1.29 is 14.5 Å². The Hall–Kier alpha value is -2.70. The van der Waals surface area contributed by atoms with Gasteiger partial charge in [-0.3, -0.25) is 24.6 Å². The van der Waals surface area contributed by atoms with E-state index in [-0.39, 0.29) is 17.5 Å². The molecule has 2 aliphatic heterocycles. The van der Waals surface area contributed by atoms with Crippen molar-refractivity contribution in [3.63, 3.8) is 0 Å². The van der Waals surface area contributed by atoms with Gasteiger partial charge in [-0.05, 0) is 43.4 Å². The maximum atomic E-state index is 12.9. The monoisotopic (exact) mass is 343 g/mol. The van der Waals surface area contributed by atoms with E-state index >= 15 is 0 Å². The van der Waals surface area contributed by atoms with Gasteiger partial charge in [0.15, 0.2) is 0 Å². The minimum absolute atomic E-state index is 0.0361. The Balaban J connectivity index is 2.05. The molecular weight excluding hydrogens is 322 g/mol. The summed E-state index contributed by atoms with van der Waals surface area (Å²) in [7, 11) is 0. The van der Waals surface area contributed by atoms with E-state index in [0.717, 1.165) is 32.4 Å². The van der Waals surface area contributed by atoms with E-state index in [2.05, 4.69) is 0 Å². The molecule has 1 aromatic carbocycles. The first-order valence-electron chi connectivity index (χ1n) is 8.64. The lowest BCUT2D eigenvalue weighted by molar-refractivity contribution is -0.384. The summed E-state index contributed by atoms with van der Waals surface area (Å²) in [6.45, 7) is 3.81. The van der Waals surface area contributed by atoms with E-state index in [0.29, 0.717) is 29.8 Å². The molecule has 1 saturated heterocycles. The van der Waals surface area contributed by atoms with Crippen LogP contribution in [-0.2, 0) is 9.59 Å². The van der Waals surface area contributed by atoms with Crippen molar-refractivity contribution in [1.82, 2.24) is 9.80 Å². The Morgan fingerprint density at radius 1 is 1.04 bits per heavy atom. The van der Waals surface area contributed by atoms with Gasteiger partial charge in [-0.25, -0.2) is 0 Å². The lowest BCUT2D eigenvalue weighted by Crippen LogP contribution is -2.37. The van der Waals surface area contributed by atoms with E-state index in [1.165, 1.54) is 17.0 Å². The molecule has 0 radical (unpaired) electrons. The van der Waals surface area contributed by atoms with Crippen molar-refractivity contribution in [2.45, 2.75) is 32.6 Å². The maximum Gasteiger partial charge on any atom is 0.277 e. The smallest absolute Gasteiger partial charge is 0.277 e. The number of hydrogen-bond acceptors (Lipinski definition) is 5. The summed E-state index contributed by atoms with van der Waals surface area (Å²) < 4.78 is 0. The predicted molar refractivity (Wildman–Crippen MR) is 92.5 cm³/mol. The van der Waals surface area contributed by atoms with Crippen LogP contribution in [0.1, 0.15) is 38.2 Å². The van der Waals surface area contributed by atoms with E-state index in [4.69, 9.17) is 0 Å². The summed E-state index contributed by atoms with van der Waals surface area (Å²) in [5.41, 5.74) is 1.34. The molecule has 0 unspecified atom stereocenters. The Morgan fingerprint density at radius 2 is 1.68 bits per heavy atom. The zero-order valence-corrected chi connectivity index (χ0v) is 14.2. The summed E-state index contributed by atoms with van der Waals surface area (Å²) in [4.78, 5) is 39.4. The van der Waals surface area contributed by atoms with Crippen LogP contribution >= 0.6 is 0 Å². The molecule has 2 amide bonds. The van der Waals surface area contributed by atoms with Gasteiger partial charge in [0.1, 0.15) is 5.70 Å². The fraction of sp³-hybridized carbons (Fsp3) is 0.444. The molecule has 0 bridgehead atoms. The number of hydrogen-bond donors (Lipinski definition) is 0. The Morgan fingerprint density at radius 3 is 2.24 bits per heavy atom. The summed E-state index contributed by atoms with van der Waals surface area (Å²) in [5, 5.41) is 10.9. The van der Waals surface area contributed by atoms with Crippen LogP contribution < -0.4 is 0 Å². The third-order valence-electron chi connectivity index (χ3n) is 4.63. The number of benzene rings is 1. The van der Waals surface area contributed by atoms with Crippen molar-refractivity contribution in [3.8, 4) is 0 Å². The van der Waals surface area contributed by atoms with Gasteiger partial charge in [-0.2, -0.15) is 0 Å². The number of nitrogens with zero attached hydrogens (tertiary/aromatic N) is 3. The molecule has 0 aromatic heterocycles. The van der Waals surface area contributed by atoms with Gasteiger partial charge in [-0.1, -0.05) is 6.92 Å². The van der Waals surface area contributed by atoms with Crippen LogP contribution in [-0.4, -0.2) is 46.2 Å². The molecule has 0 spiro atoms. The summed E-state index contributed by atoms with van der Waals surface area (Å²) in [6, 6.07) is 5.85. The van der Waals surface area contributed by atoms with Gasteiger partial charge in [0, 0.05) is 31.8 Å². The molecule has 0 saturated carbocycles. The summed E-state index contributed by atoms with van der Waals surface area (Å²) in [6.07, 6.45) is 3.80. The van der Waals surface area contributed by atoms with Crippen molar-refractivity contribution >= 4 is 23.1 Å². The molecule has 0 N–H and O–H groups in total. The lowest BCUT2D eigenvalue weighted by Gasteiger charge is -2.29. The van der Waals surface area contributed by atoms with Crippen LogP contribution in [0.4, 0.5) is 5.69 Å². The van der Waals surface area contributed by atoms with Crippen molar-refractivity contribution in [3.05, 3.63) is 45.6 Å². The maximum absolute atomic E-state index is 12.9. The topological polar surface area (TPSA) is 83.8 Å². The fourth-order valence-corrected chi connectivity index (χ4v) is 3.41. The molecule has 0 atom stereocenters. The number of amides is 2. The molecule has 1 aromatic rings. The highest BCUT2D eigenvalue weighted by molar-refractivity contribution is 6.35. The van der Waals surface area contributed by atoms with Crippen molar-refractivity contribution in [2.75, 3.05) is 19.6 Å². The first-order chi connectivity index (χ1) is 12.0. The van der Waals surface area contributed by atoms with E-state index < -0.39 is 4.92 Å². The van der Waals surface area contributed by atoms with E-state index in [1.807, 2.05) is 11.8 Å². The Labute approximate surface area is 146 Å². The van der Waals surface area contributed by atoms with Crippen LogP contribution in [0.2, 0.25) is 0 Å². The third kappa shape index (κ3) is 3.14. The fourth-order valence-electron chi connectivity index (χ4n) is 3.41. The van der Waals surface area contributed by atoms with Gasteiger partial charge in [-0.15, -0.1) is 0 Å². The van der Waals surface area contributed by atoms with Crippen molar-refractivity contribution in [2.24, 2.45) is 0 Å².